The maximum absolute atomic E-state index is 12.3. The summed E-state index contributed by atoms with van der Waals surface area (Å²) in [6, 6.07) is 11.4. The Hall–Kier alpha value is -2.16. The molecule has 0 radical (unpaired) electrons. The molecule has 1 aromatic carbocycles. The van der Waals surface area contributed by atoms with Crippen LogP contribution in [0.15, 0.2) is 42.6 Å². The number of hydrogen-bond acceptors (Lipinski definition) is 3. The molecule has 0 fully saturated rings. The van der Waals surface area contributed by atoms with Gasteiger partial charge in [-0.25, -0.2) is 4.79 Å². The summed E-state index contributed by atoms with van der Waals surface area (Å²) < 4.78 is 5.38. The highest BCUT2D eigenvalue weighted by atomic mass is 16.5. The first-order valence-corrected chi connectivity index (χ1v) is 7.42. The van der Waals surface area contributed by atoms with Gasteiger partial charge in [-0.15, -0.1) is 0 Å². The first kappa shape index (κ1) is 15.2. The predicted molar refractivity (Wildman–Crippen MR) is 84.2 cm³/mol. The average Bonchev–Trinajstić information content (AvgIpc) is 2.52. The van der Waals surface area contributed by atoms with Crippen LogP contribution >= 0.6 is 0 Å². The molecule has 2 aromatic rings. The van der Waals surface area contributed by atoms with Gasteiger partial charge in [-0.3, -0.25) is 4.98 Å². The Labute approximate surface area is 126 Å². The van der Waals surface area contributed by atoms with Gasteiger partial charge in [0, 0.05) is 11.8 Å². The molecule has 0 aliphatic rings. The van der Waals surface area contributed by atoms with Crippen molar-refractivity contribution >= 4 is 5.97 Å². The van der Waals surface area contributed by atoms with Gasteiger partial charge in [-0.1, -0.05) is 38.0 Å². The summed E-state index contributed by atoms with van der Waals surface area (Å²) in [6.07, 6.45) is 4.83. The lowest BCUT2D eigenvalue weighted by Gasteiger charge is -2.11. The van der Waals surface area contributed by atoms with Crippen LogP contribution in [-0.4, -0.2) is 17.6 Å². The number of aromatic nitrogens is 1. The zero-order chi connectivity index (χ0) is 15.1. The van der Waals surface area contributed by atoms with Crippen LogP contribution in [0.4, 0.5) is 0 Å². The van der Waals surface area contributed by atoms with Crippen LogP contribution in [0.1, 0.15) is 42.1 Å². The zero-order valence-electron chi connectivity index (χ0n) is 12.6. The summed E-state index contributed by atoms with van der Waals surface area (Å²) in [4.78, 5) is 16.7. The number of carbonyl (C=O) groups is 1. The van der Waals surface area contributed by atoms with E-state index in [-0.39, 0.29) is 5.97 Å². The van der Waals surface area contributed by atoms with E-state index in [0.717, 1.165) is 36.1 Å². The van der Waals surface area contributed by atoms with Crippen LogP contribution in [0, 0.1) is 6.92 Å². The van der Waals surface area contributed by atoms with Crippen molar-refractivity contribution in [2.45, 2.75) is 33.1 Å². The molecular weight excluding hydrogens is 262 g/mol. The van der Waals surface area contributed by atoms with E-state index in [9.17, 15) is 4.79 Å². The number of pyridine rings is 1. The van der Waals surface area contributed by atoms with Crippen molar-refractivity contribution in [2.24, 2.45) is 0 Å². The molecule has 3 heteroatoms. The van der Waals surface area contributed by atoms with Gasteiger partial charge in [-0.2, -0.15) is 0 Å². The van der Waals surface area contributed by atoms with E-state index in [1.807, 2.05) is 37.3 Å². The van der Waals surface area contributed by atoms with Crippen LogP contribution in [0.25, 0.3) is 11.3 Å². The van der Waals surface area contributed by atoms with Crippen LogP contribution in [0.2, 0.25) is 0 Å². The minimum Gasteiger partial charge on any atom is -0.462 e. The highest BCUT2D eigenvalue weighted by Crippen LogP contribution is 2.26. The van der Waals surface area contributed by atoms with Crippen molar-refractivity contribution in [1.82, 2.24) is 4.98 Å². The number of esters is 1. The molecule has 21 heavy (non-hydrogen) atoms. The Kier molecular flexibility index (Phi) is 5.50. The number of rotatable bonds is 6. The molecule has 1 aromatic heterocycles. The minimum atomic E-state index is -0.268. The number of aryl methyl sites for hydroxylation is 1. The topological polar surface area (TPSA) is 39.2 Å². The molecule has 2 rings (SSSR count). The molecule has 0 N–H and O–H groups in total. The molecule has 3 nitrogen and oxygen atoms in total. The van der Waals surface area contributed by atoms with Crippen molar-refractivity contribution in [1.29, 1.82) is 0 Å². The highest BCUT2D eigenvalue weighted by Gasteiger charge is 2.16. The second-order valence-electron chi connectivity index (χ2n) is 5.06. The predicted octanol–water partition coefficient (Wildman–Crippen LogP) is 4.40. The van der Waals surface area contributed by atoms with Crippen molar-refractivity contribution in [3.05, 3.63) is 53.7 Å². The molecule has 0 aliphatic carbocycles. The Balaban J connectivity index is 2.24. The second-order valence-corrected chi connectivity index (χ2v) is 5.06. The van der Waals surface area contributed by atoms with Crippen molar-refractivity contribution in [2.75, 3.05) is 6.61 Å². The first-order valence-electron chi connectivity index (χ1n) is 7.42. The number of benzene rings is 1. The third kappa shape index (κ3) is 3.91. The second kappa shape index (κ2) is 7.58. The van der Waals surface area contributed by atoms with Gasteiger partial charge < -0.3 is 4.74 Å². The Morgan fingerprint density at radius 3 is 2.71 bits per heavy atom. The summed E-state index contributed by atoms with van der Waals surface area (Å²) in [5, 5.41) is 0. The largest absolute Gasteiger partial charge is 0.462 e. The smallest absolute Gasteiger partial charge is 0.338 e. The summed E-state index contributed by atoms with van der Waals surface area (Å²) in [5.74, 6) is -0.268. The number of carbonyl (C=O) groups excluding carboxylic acids is 1. The van der Waals surface area contributed by atoms with E-state index in [1.165, 1.54) is 0 Å². The number of hydrogen-bond donors (Lipinski definition) is 0. The monoisotopic (exact) mass is 283 g/mol. The van der Waals surface area contributed by atoms with Crippen LogP contribution in [0.5, 0.6) is 0 Å². The van der Waals surface area contributed by atoms with Gasteiger partial charge in [0.25, 0.3) is 0 Å². The maximum Gasteiger partial charge on any atom is 0.338 e. The lowest BCUT2D eigenvalue weighted by Crippen LogP contribution is -2.09. The highest BCUT2D eigenvalue weighted by molar-refractivity contribution is 5.97. The molecule has 0 spiro atoms. The first-order chi connectivity index (χ1) is 10.2. The summed E-state index contributed by atoms with van der Waals surface area (Å²) in [5.41, 5.74) is 3.27. The maximum atomic E-state index is 12.3. The van der Waals surface area contributed by atoms with E-state index in [1.54, 1.807) is 12.3 Å². The van der Waals surface area contributed by atoms with E-state index < -0.39 is 0 Å². The minimum absolute atomic E-state index is 0.268. The standard InChI is InChI=1S/C18H21NO2/c1-3-4-7-13-21-18(20)15-10-8-9-14(2)17(15)16-11-5-6-12-19-16/h5-6,8-12H,3-4,7,13H2,1-2H3. The fourth-order valence-electron chi connectivity index (χ4n) is 2.28. The molecule has 0 unspecified atom stereocenters. The molecule has 1 heterocycles. The van der Waals surface area contributed by atoms with Crippen molar-refractivity contribution < 1.29 is 9.53 Å². The molecule has 0 atom stereocenters. The summed E-state index contributed by atoms with van der Waals surface area (Å²) in [6.45, 7) is 4.59. The molecule has 0 amide bonds. The molecule has 0 aliphatic heterocycles. The van der Waals surface area contributed by atoms with Gasteiger partial charge >= 0.3 is 5.97 Å². The summed E-state index contributed by atoms with van der Waals surface area (Å²) >= 11 is 0. The summed E-state index contributed by atoms with van der Waals surface area (Å²) in [7, 11) is 0. The molecule has 0 saturated carbocycles. The van der Waals surface area contributed by atoms with Gasteiger partial charge in [0.05, 0.1) is 17.9 Å². The number of nitrogens with zero attached hydrogens (tertiary/aromatic N) is 1. The Morgan fingerprint density at radius 1 is 1.14 bits per heavy atom. The van der Waals surface area contributed by atoms with E-state index in [2.05, 4.69) is 11.9 Å². The lowest BCUT2D eigenvalue weighted by atomic mass is 9.98. The van der Waals surface area contributed by atoms with Crippen molar-refractivity contribution in [3.8, 4) is 11.3 Å². The fourth-order valence-corrected chi connectivity index (χ4v) is 2.28. The number of ether oxygens (including phenoxy) is 1. The van der Waals surface area contributed by atoms with Crippen LogP contribution in [0.3, 0.4) is 0 Å². The zero-order valence-corrected chi connectivity index (χ0v) is 12.6. The van der Waals surface area contributed by atoms with E-state index >= 15 is 0 Å². The molecule has 0 bridgehead atoms. The average molecular weight is 283 g/mol. The van der Waals surface area contributed by atoms with Crippen molar-refractivity contribution in [3.63, 3.8) is 0 Å². The Morgan fingerprint density at radius 2 is 2.00 bits per heavy atom. The van der Waals surface area contributed by atoms with Gasteiger partial charge in [0.2, 0.25) is 0 Å². The quantitative estimate of drug-likeness (QED) is 0.582. The van der Waals surface area contributed by atoms with E-state index in [0.29, 0.717) is 12.2 Å². The molecular formula is C18H21NO2. The SMILES string of the molecule is CCCCCOC(=O)c1cccc(C)c1-c1ccccn1. The lowest BCUT2D eigenvalue weighted by molar-refractivity contribution is 0.0499. The normalized spacial score (nSPS) is 10.4. The molecule has 0 saturated heterocycles. The van der Waals surface area contributed by atoms with Gasteiger partial charge in [0.1, 0.15) is 0 Å². The fraction of sp³-hybridized carbons (Fsp3) is 0.333. The van der Waals surface area contributed by atoms with E-state index in [4.69, 9.17) is 4.74 Å². The third-order valence-electron chi connectivity index (χ3n) is 3.39. The van der Waals surface area contributed by atoms with Gasteiger partial charge in [0.15, 0.2) is 0 Å². The van der Waals surface area contributed by atoms with Crippen LogP contribution < -0.4 is 0 Å². The number of unbranched alkanes of at least 4 members (excludes halogenated alkanes) is 2. The Bertz CT molecular complexity index is 593. The molecule has 110 valence electrons. The van der Waals surface area contributed by atoms with Crippen LogP contribution in [-0.2, 0) is 4.74 Å². The van der Waals surface area contributed by atoms with Gasteiger partial charge in [-0.05, 0) is 37.1 Å². The third-order valence-corrected chi connectivity index (χ3v) is 3.39.